The zero-order chi connectivity index (χ0) is 14.3. The molecule has 0 atom stereocenters. The average Bonchev–Trinajstić information content (AvgIpc) is 2.41. The summed E-state index contributed by atoms with van der Waals surface area (Å²) in [5, 5.41) is 13.1. The van der Waals surface area contributed by atoms with Crippen LogP contribution in [0, 0.1) is 0 Å². The van der Waals surface area contributed by atoms with E-state index in [-0.39, 0.29) is 6.61 Å². The van der Waals surface area contributed by atoms with Gasteiger partial charge in [-0.3, -0.25) is 0 Å². The number of aliphatic hydroxyl groups excluding tert-OH is 1. The highest BCUT2D eigenvalue weighted by molar-refractivity contribution is 6.31. The first-order chi connectivity index (χ1) is 9.17. The molecular weight excluding hydrogens is 260 g/mol. The van der Waals surface area contributed by atoms with E-state index >= 15 is 0 Å². The summed E-state index contributed by atoms with van der Waals surface area (Å²) in [6, 6.07) is 6.59. The standard InChI is InChI=1S/C15H25ClN2O/c1-4-13(5-2)18(8-9-19)14-7-6-12(11-17-3)15(16)10-14/h6-7,10,13,17,19H,4-5,8-9,11H2,1-3H3. The van der Waals surface area contributed by atoms with E-state index in [0.29, 0.717) is 12.6 Å². The fraction of sp³-hybridized carbons (Fsp3) is 0.600. The Bertz CT molecular complexity index is 380. The van der Waals surface area contributed by atoms with Gasteiger partial charge in [0.15, 0.2) is 0 Å². The lowest BCUT2D eigenvalue weighted by atomic mass is 10.1. The Kier molecular flexibility index (Phi) is 7.21. The lowest BCUT2D eigenvalue weighted by Crippen LogP contribution is -2.36. The third-order valence-corrected chi connectivity index (χ3v) is 3.81. The van der Waals surface area contributed by atoms with Gasteiger partial charge in [-0.1, -0.05) is 31.5 Å². The van der Waals surface area contributed by atoms with Crippen molar-refractivity contribution in [3.63, 3.8) is 0 Å². The minimum Gasteiger partial charge on any atom is -0.395 e. The second-order valence-corrected chi connectivity index (χ2v) is 5.10. The summed E-state index contributed by atoms with van der Waals surface area (Å²) >= 11 is 6.31. The van der Waals surface area contributed by atoms with Crippen LogP contribution in [-0.4, -0.2) is 31.3 Å². The molecule has 3 nitrogen and oxygen atoms in total. The fourth-order valence-electron chi connectivity index (χ4n) is 2.41. The van der Waals surface area contributed by atoms with Gasteiger partial charge in [-0.05, 0) is 37.6 Å². The average molecular weight is 285 g/mol. The molecule has 1 aromatic carbocycles. The summed E-state index contributed by atoms with van der Waals surface area (Å²) in [4.78, 5) is 2.25. The van der Waals surface area contributed by atoms with E-state index in [0.717, 1.165) is 35.7 Å². The van der Waals surface area contributed by atoms with E-state index in [4.69, 9.17) is 11.6 Å². The van der Waals surface area contributed by atoms with Crippen LogP contribution >= 0.6 is 11.6 Å². The Morgan fingerprint density at radius 1 is 1.32 bits per heavy atom. The zero-order valence-electron chi connectivity index (χ0n) is 12.1. The van der Waals surface area contributed by atoms with Crippen LogP contribution in [0.5, 0.6) is 0 Å². The molecule has 1 aromatic rings. The number of anilines is 1. The van der Waals surface area contributed by atoms with E-state index in [1.165, 1.54) is 0 Å². The molecule has 2 N–H and O–H groups in total. The highest BCUT2D eigenvalue weighted by atomic mass is 35.5. The Balaban J connectivity index is 2.99. The summed E-state index contributed by atoms with van der Waals surface area (Å²) in [7, 11) is 1.91. The largest absolute Gasteiger partial charge is 0.395 e. The molecule has 0 bridgehead atoms. The monoisotopic (exact) mass is 284 g/mol. The van der Waals surface area contributed by atoms with Gasteiger partial charge in [0, 0.05) is 29.8 Å². The third kappa shape index (κ3) is 4.37. The summed E-state index contributed by atoms with van der Waals surface area (Å²) < 4.78 is 0. The summed E-state index contributed by atoms with van der Waals surface area (Å²) in [6.45, 7) is 5.93. The number of hydrogen-bond donors (Lipinski definition) is 2. The van der Waals surface area contributed by atoms with Crippen LogP contribution < -0.4 is 10.2 Å². The van der Waals surface area contributed by atoms with Crippen LogP contribution in [0.1, 0.15) is 32.3 Å². The number of rotatable bonds is 8. The van der Waals surface area contributed by atoms with Gasteiger partial charge in [0.05, 0.1) is 6.61 Å². The maximum atomic E-state index is 9.26. The van der Waals surface area contributed by atoms with Crippen molar-refractivity contribution in [2.24, 2.45) is 0 Å². The molecule has 1 rings (SSSR count). The second kappa shape index (κ2) is 8.41. The van der Waals surface area contributed by atoms with E-state index in [1.54, 1.807) is 0 Å². The van der Waals surface area contributed by atoms with Gasteiger partial charge < -0.3 is 15.3 Å². The molecule has 0 radical (unpaired) electrons. The van der Waals surface area contributed by atoms with E-state index in [1.807, 2.05) is 13.1 Å². The summed E-state index contributed by atoms with van der Waals surface area (Å²) in [6.07, 6.45) is 2.12. The SMILES string of the molecule is CCC(CC)N(CCO)c1ccc(CNC)c(Cl)c1. The van der Waals surface area contributed by atoms with Gasteiger partial charge in [-0.15, -0.1) is 0 Å². The van der Waals surface area contributed by atoms with Crippen LogP contribution in [-0.2, 0) is 6.54 Å². The van der Waals surface area contributed by atoms with Crippen LogP contribution in [0.2, 0.25) is 5.02 Å². The number of halogens is 1. The van der Waals surface area contributed by atoms with Crippen molar-refractivity contribution in [2.45, 2.75) is 39.3 Å². The van der Waals surface area contributed by atoms with Crippen molar-refractivity contribution < 1.29 is 5.11 Å². The second-order valence-electron chi connectivity index (χ2n) is 4.69. The molecule has 0 amide bonds. The van der Waals surface area contributed by atoms with Crippen LogP contribution in [0.25, 0.3) is 0 Å². The normalized spacial score (nSPS) is 11.1. The van der Waals surface area contributed by atoms with Gasteiger partial charge in [0.2, 0.25) is 0 Å². The molecule has 0 aromatic heterocycles. The predicted molar refractivity (Wildman–Crippen MR) is 83.0 cm³/mol. The Morgan fingerprint density at radius 3 is 2.47 bits per heavy atom. The Labute approximate surface area is 121 Å². The Hall–Kier alpha value is -0.770. The van der Waals surface area contributed by atoms with Gasteiger partial charge in [0.1, 0.15) is 0 Å². The first-order valence-corrected chi connectivity index (χ1v) is 7.36. The van der Waals surface area contributed by atoms with Crippen LogP contribution in [0.15, 0.2) is 18.2 Å². The highest BCUT2D eigenvalue weighted by Gasteiger charge is 2.16. The molecule has 0 saturated carbocycles. The van der Waals surface area contributed by atoms with Crippen molar-refractivity contribution in [1.82, 2.24) is 5.32 Å². The number of benzene rings is 1. The smallest absolute Gasteiger partial charge is 0.0606 e. The fourth-order valence-corrected chi connectivity index (χ4v) is 2.65. The molecule has 0 aliphatic carbocycles. The summed E-state index contributed by atoms with van der Waals surface area (Å²) in [5.41, 5.74) is 2.19. The molecule has 108 valence electrons. The number of nitrogens with one attached hydrogen (secondary N) is 1. The highest BCUT2D eigenvalue weighted by Crippen LogP contribution is 2.26. The van der Waals surface area contributed by atoms with Gasteiger partial charge in [0.25, 0.3) is 0 Å². The van der Waals surface area contributed by atoms with Crippen molar-refractivity contribution in [3.05, 3.63) is 28.8 Å². The molecule has 0 saturated heterocycles. The lowest BCUT2D eigenvalue weighted by molar-refractivity contribution is 0.296. The molecule has 19 heavy (non-hydrogen) atoms. The lowest BCUT2D eigenvalue weighted by Gasteiger charge is -2.32. The van der Waals surface area contributed by atoms with Crippen LogP contribution in [0.4, 0.5) is 5.69 Å². The molecule has 0 unspecified atom stereocenters. The van der Waals surface area contributed by atoms with Crippen molar-refractivity contribution in [3.8, 4) is 0 Å². The summed E-state index contributed by atoms with van der Waals surface area (Å²) in [5.74, 6) is 0. The maximum absolute atomic E-state index is 9.26. The van der Waals surface area contributed by atoms with Gasteiger partial charge in [-0.25, -0.2) is 0 Å². The molecule has 0 spiro atoms. The van der Waals surface area contributed by atoms with E-state index in [9.17, 15) is 5.11 Å². The van der Waals surface area contributed by atoms with Gasteiger partial charge in [-0.2, -0.15) is 0 Å². The van der Waals surface area contributed by atoms with Crippen molar-refractivity contribution in [2.75, 3.05) is 25.1 Å². The number of hydrogen-bond acceptors (Lipinski definition) is 3. The van der Waals surface area contributed by atoms with Crippen molar-refractivity contribution >= 4 is 17.3 Å². The minimum atomic E-state index is 0.159. The number of nitrogens with zero attached hydrogens (tertiary/aromatic N) is 1. The Morgan fingerprint density at radius 2 is 2.00 bits per heavy atom. The van der Waals surface area contributed by atoms with Crippen molar-refractivity contribution in [1.29, 1.82) is 0 Å². The molecule has 0 fully saturated rings. The van der Waals surface area contributed by atoms with Crippen LogP contribution in [0.3, 0.4) is 0 Å². The molecular formula is C15H25ClN2O. The molecule has 0 heterocycles. The topological polar surface area (TPSA) is 35.5 Å². The third-order valence-electron chi connectivity index (χ3n) is 3.46. The molecule has 0 aliphatic heterocycles. The number of aliphatic hydroxyl groups is 1. The zero-order valence-corrected chi connectivity index (χ0v) is 12.9. The molecule has 4 heteroatoms. The van der Waals surface area contributed by atoms with Gasteiger partial charge >= 0.3 is 0 Å². The first-order valence-electron chi connectivity index (χ1n) is 6.98. The molecule has 0 aliphatic rings. The first kappa shape index (κ1) is 16.3. The predicted octanol–water partition coefficient (Wildman–Crippen LogP) is 3.05. The maximum Gasteiger partial charge on any atom is 0.0606 e. The minimum absolute atomic E-state index is 0.159. The van der Waals surface area contributed by atoms with E-state index in [2.05, 4.69) is 36.2 Å². The van der Waals surface area contributed by atoms with E-state index < -0.39 is 0 Å². The quantitative estimate of drug-likeness (QED) is 0.770.